The summed E-state index contributed by atoms with van der Waals surface area (Å²) in [7, 11) is 0. The van der Waals surface area contributed by atoms with Gasteiger partial charge >= 0.3 is 0 Å². The number of para-hydroxylation sites is 1. The second kappa shape index (κ2) is 5.25. The number of carbonyl (C=O) groups is 1. The van der Waals surface area contributed by atoms with E-state index in [0.29, 0.717) is 0 Å². The Labute approximate surface area is 122 Å². The van der Waals surface area contributed by atoms with Gasteiger partial charge < -0.3 is 10.6 Å². The number of anilines is 1. The van der Waals surface area contributed by atoms with E-state index in [1.807, 2.05) is 38.2 Å². The third-order valence-corrected chi connectivity index (χ3v) is 4.55. The average Bonchev–Trinajstić information content (AvgIpc) is 3.04. The first kappa shape index (κ1) is 13.1. The van der Waals surface area contributed by atoms with Crippen molar-refractivity contribution >= 4 is 22.9 Å². The van der Waals surface area contributed by atoms with Crippen LogP contribution in [-0.4, -0.2) is 16.9 Å². The van der Waals surface area contributed by atoms with Crippen LogP contribution in [0.4, 0.5) is 5.69 Å². The zero-order chi connectivity index (χ0) is 14.1. The van der Waals surface area contributed by atoms with Crippen LogP contribution in [0.5, 0.6) is 0 Å². The van der Waals surface area contributed by atoms with Crippen molar-refractivity contribution in [1.29, 1.82) is 0 Å². The Morgan fingerprint density at radius 2 is 2.30 bits per heavy atom. The molecule has 1 amide bonds. The Balaban J connectivity index is 1.64. The van der Waals surface area contributed by atoms with Gasteiger partial charge in [-0.3, -0.25) is 4.79 Å². The summed E-state index contributed by atoms with van der Waals surface area (Å²) < 4.78 is 0. The van der Waals surface area contributed by atoms with Gasteiger partial charge in [-0.25, -0.2) is 4.98 Å². The lowest BCUT2D eigenvalue weighted by molar-refractivity contribution is -0.122. The molecular weight excluding hydrogens is 270 g/mol. The molecule has 0 bridgehead atoms. The first-order valence-corrected chi connectivity index (χ1v) is 7.52. The lowest BCUT2D eigenvalue weighted by Gasteiger charge is -2.16. The molecule has 104 valence electrons. The van der Waals surface area contributed by atoms with Crippen LogP contribution in [0.1, 0.15) is 28.4 Å². The molecule has 0 radical (unpaired) electrons. The minimum Gasteiger partial charge on any atom is -0.373 e. The third kappa shape index (κ3) is 2.54. The fourth-order valence-corrected chi connectivity index (χ4v) is 3.18. The van der Waals surface area contributed by atoms with Crippen LogP contribution < -0.4 is 10.6 Å². The number of aromatic nitrogens is 1. The van der Waals surface area contributed by atoms with Gasteiger partial charge in [-0.2, -0.15) is 0 Å². The molecule has 0 saturated heterocycles. The van der Waals surface area contributed by atoms with E-state index in [1.165, 1.54) is 5.56 Å². The quantitative estimate of drug-likeness (QED) is 0.912. The highest BCUT2D eigenvalue weighted by atomic mass is 32.1. The number of hydrogen-bond donors (Lipinski definition) is 2. The van der Waals surface area contributed by atoms with Gasteiger partial charge in [-0.1, -0.05) is 18.2 Å². The number of benzene rings is 1. The molecule has 1 aliphatic heterocycles. The molecule has 2 atom stereocenters. The standard InChI is InChI=1S/C15H17N3OS/c1-9-8-16-15(20-9)10(2)17-14(19)13-7-11-5-3-4-6-12(11)18-13/h3-6,8,10,13,18H,7H2,1-2H3,(H,17,19)/t10?,13-/m0/s1. The Bertz CT molecular complexity index is 613. The third-order valence-electron chi connectivity index (χ3n) is 3.46. The van der Waals surface area contributed by atoms with Gasteiger partial charge in [0.05, 0.1) is 6.04 Å². The fraction of sp³-hybridized carbons (Fsp3) is 0.333. The predicted molar refractivity (Wildman–Crippen MR) is 81.0 cm³/mol. The summed E-state index contributed by atoms with van der Waals surface area (Å²) >= 11 is 1.62. The number of nitrogens with zero attached hydrogens (tertiary/aromatic N) is 1. The molecule has 5 heteroatoms. The van der Waals surface area contributed by atoms with Crippen LogP contribution in [0.15, 0.2) is 30.5 Å². The number of thiazole rings is 1. The molecule has 2 N–H and O–H groups in total. The average molecular weight is 287 g/mol. The molecule has 1 aromatic carbocycles. The molecule has 1 aliphatic rings. The Morgan fingerprint density at radius 3 is 3.00 bits per heavy atom. The molecule has 20 heavy (non-hydrogen) atoms. The minimum absolute atomic E-state index is 0.0292. The van der Waals surface area contributed by atoms with Gasteiger partial charge in [0.1, 0.15) is 11.0 Å². The number of rotatable bonds is 3. The van der Waals surface area contributed by atoms with E-state index in [0.717, 1.165) is 22.0 Å². The molecular formula is C15H17N3OS. The first-order chi connectivity index (χ1) is 9.63. The maximum atomic E-state index is 12.3. The van der Waals surface area contributed by atoms with Crippen molar-refractivity contribution in [1.82, 2.24) is 10.3 Å². The zero-order valence-electron chi connectivity index (χ0n) is 11.5. The summed E-state index contributed by atoms with van der Waals surface area (Å²) in [6.07, 6.45) is 2.58. The molecule has 0 fully saturated rings. The molecule has 1 unspecified atom stereocenters. The monoisotopic (exact) mass is 287 g/mol. The normalized spacial score (nSPS) is 18.2. The summed E-state index contributed by atoms with van der Waals surface area (Å²) in [5.74, 6) is 0.0292. The van der Waals surface area contributed by atoms with Crippen molar-refractivity contribution in [3.63, 3.8) is 0 Å². The topological polar surface area (TPSA) is 54.0 Å². The van der Waals surface area contributed by atoms with Crippen LogP contribution in [-0.2, 0) is 11.2 Å². The van der Waals surface area contributed by atoms with Gasteiger partial charge in [0.25, 0.3) is 0 Å². The van der Waals surface area contributed by atoms with E-state index in [4.69, 9.17) is 0 Å². The molecule has 1 aromatic heterocycles. The Morgan fingerprint density at radius 1 is 1.50 bits per heavy atom. The number of nitrogens with one attached hydrogen (secondary N) is 2. The maximum absolute atomic E-state index is 12.3. The molecule has 0 saturated carbocycles. The SMILES string of the molecule is Cc1cnc(C(C)NC(=O)[C@@H]2Cc3ccccc3N2)s1. The number of hydrogen-bond acceptors (Lipinski definition) is 4. The van der Waals surface area contributed by atoms with Crippen molar-refractivity contribution < 1.29 is 4.79 Å². The summed E-state index contributed by atoms with van der Waals surface area (Å²) in [6.45, 7) is 3.99. The highest BCUT2D eigenvalue weighted by Crippen LogP contribution is 2.26. The van der Waals surface area contributed by atoms with Crippen molar-refractivity contribution in [3.8, 4) is 0 Å². The molecule has 4 nitrogen and oxygen atoms in total. The molecule has 0 aliphatic carbocycles. The number of fused-ring (bicyclic) bond motifs is 1. The molecule has 0 spiro atoms. The molecule has 2 aromatic rings. The van der Waals surface area contributed by atoms with E-state index < -0.39 is 0 Å². The number of carbonyl (C=O) groups excluding carboxylic acids is 1. The van der Waals surface area contributed by atoms with Gasteiger partial charge in [0, 0.05) is 23.2 Å². The maximum Gasteiger partial charge on any atom is 0.243 e. The second-order valence-electron chi connectivity index (χ2n) is 5.10. The first-order valence-electron chi connectivity index (χ1n) is 6.70. The smallest absolute Gasteiger partial charge is 0.243 e. The molecule has 2 heterocycles. The van der Waals surface area contributed by atoms with Crippen LogP contribution in [0, 0.1) is 6.92 Å². The van der Waals surface area contributed by atoms with Gasteiger partial charge in [0.15, 0.2) is 0 Å². The van der Waals surface area contributed by atoms with E-state index in [2.05, 4.69) is 21.7 Å². The van der Waals surface area contributed by atoms with Crippen molar-refractivity contribution in [2.45, 2.75) is 32.4 Å². The largest absolute Gasteiger partial charge is 0.373 e. The van der Waals surface area contributed by atoms with E-state index in [9.17, 15) is 4.79 Å². The summed E-state index contributed by atoms with van der Waals surface area (Å²) in [5, 5.41) is 7.25. The second-order valence-corrected chi connectivity index (χ2v) is 6.36. The predicted octanol–water partition coefficient (Wildman–Crippen LogP) is 2.67. The minimum atomic E-state index is -0.184. The van der Waals surface area contributed by atoms with Gasteiger partial charge in [0.2, 0.25) is 5.91 Å². The van der Waals surface area contributed by atoms with Crippen LogP contribution in [0.2, 0.25) is 0 Å². The van der Waals surface area contributed by atoms with E-state index in [-0.39, 0.29) is 18.0 Å². The van der Waals surface area contributed by atoms with Crippen LogP contribution in [0.3, 0.4) is 0 Å². The number of aryl methyl sites for hydroxylation is 1. The summed E-state index contributed by atoms with van der Waals surface area (Å²) in [4.78, 5) is 17.8. The van der Waals surface area contributed by atoms with E-state index in [1.54, 1.807) is 11.3 Å². The lowest BCUT2D eigenvalue weighted by atomic mass is 10.1. The molecule has 3 rings (SSSR count). The Kier molecular flexibility index (Phi) is 3.44. The lowest BCUT2D eigenvalue weighted by Crippen LogP contribution is -2.39. The van der Waals surface area contributed by atoms with Crippen molar-refractivity contribution in [2.75, 3.05) is 5.32 Å². The van der Waals surface area contributed by atoms with Crippen molar-refractivity contribution in [2.24, 2.45) is 0 Å². The Hall–Kier alpha value is -1.88. The summed E-state index contributed by atoms with van der Waals surface area (Å²) in [6, 6.07) is 7.82. The van der Waals surface area contributed by atoms with Crippen LogP contribution in [0.25, 0.3) is 0 Å². The van der Waals surface area contributed by atoms with Gasteiger partial charge in [-0.15, -0.1) is 11.3 Å². The fourth-order valence-electron chi connectivity index (χ4n) is 2.40. The summed E-state index contributed by atoms with van der Waals surface area (Å²) in [5.41, 5.74) is 2.26. The highest BCUT2D eigenvalue weighted by Gasteiger charge is 2.27. The van der Waals surface area contributed by atoms with Crippen LogP contribution >= 0.6 is 11.3 Å². The van der Waals surface area contributed by atoms with Gasteiger partial charge in [-0.05, 0) is 25.5 Å². The van der Waals surface area contributed by atoms with Crippen molar-refractivity contribution in [3.05, 3.63) is 45.9 Å². The zero-order valence-corrected chi connectivity index (χ0v) is 12.3. The number of amides is 1. The van der Waals surface area contributed by atoms with E-state index >= 15 is 0 Å². The highest BCUT2D eigenvalue weighted by molar-refractivity contribution is 7.11.